The fraction of sp³-hybridized carbons (Fsp3) is 0.227. The Labute approximate surface area is 186 Å². The zero-order chi connectivity index (χ0) is 23.3. The fourth-order valence-corrected chi connectivity index (χ4v) is 3.79. The lowest BCUT2D eigenvalue weighted by molar-refractivity contribution is -0.122. The zero-order valence-electron chi connectivity index (χ0n) is 18.1. The van der Waals surface area contributed by atoms with E-state index in [1.165, 1.54) is 24.3 Å². The van der Waals surface area contributed by atoms with Crippen LogP contribution in [0.25, 0.3) is 0 Å². The molecule has 10 heteroatoms. The van der Waals surface area contributed by atoms with Crippen LogP contribution >= 0.6 is 0 Å². The van der Waals surface area contributed by atoms with Crippen molar-refractivity contribution in [1.29, 1.82) is 0 Å². The molecule has 1 atom stereocenters. The van der Waals surface area contributed by atoms with Crippen LogP contribution in [0, 0.1) is 13.8 Å². The van der Waals surface area contributed by atoms with Crippen molar-refractivity contribution in [2.75, 3.05) is 17.1 Å². The molecular formula is C22H24N4O5S. The predicted molar refractivity (Wildman–Crippen MR) is 120 cm³/mol. The highest BCUT2D eigenvalue weighted by molar-refractivity contribution is 7.92. The van der Waals surface area contributed by atoms with Gasteiger partial charge in [-0.15, -0.1) is 0 Å². The third kappa shape index (κ3) is 5.94. The number of ether oxygens (including phenoxy) is 2. The van der Waals surface area contributed by atoms with Crippen LogP contribution in [-0.4, -0.2) is 37.5 Å². The quantitative estimate of drug-likeness (QED) is 0.534. The van der Waals surface area contributed by atoms with Gasteiger partial charge in [0.1, 0.15) is 11.5 Å². The highest BCUT2D eigenvalue weighted by atomic mass is 32.2. The number of amides is 1. The first-order chi connectivity index (χ1) is 15.2. The lowest BCUT2D eigenvalue weighted by Gasteiger charge is -2.15. The summed E-state index contributed by atoms with van der Waals surface area (Å²) in [5.41, 5.74) is 1.73. The molecule has 168 valence electrons. The average molecular weight is 457 g/mol. The summed E-state index contributed by atoms with van der Waals surface area (Å²) in [6.07, 6.45) is -0.783. The second-order valence-corrected chi connectivity index (χ2v) is 8.71. The molecule has 0 saturated carbocycles. The highest BCUT2D eigenvalue weighted by Gasteiger charge is 2.18. The summed E-state index contributed by atoms with van der Waals surface area (Å²) >= 11 is 0. The van der Waals surface area contributed by atoms with Crippen LogP contribution in [-0.2, 0) is 14.8 Å². The minimum absolute atomic E-state index is 0.00314. The number of aryl methyl sites for hydroxylation is 2. The van der Waals surface area contributed by atoms with E-state index in [1.807, 2.05) is 0 Å². The second kappa shape index (κ2) is 9.65. The number of nitrogens with one attached hydrogen (secondary N) is 2. The van der Waals surface area contributed by atoms with Gasteiger partial charge in [0.2, 0.25) is 5.95 Å². The van der Waals surface area contributed by atoms with Gasteiger partial charge in [-0.1, -0.05) is 6.07 Å². The fourth-order valence-electron chi connectivity index (χ4n) is 2.84. The minimum atomic E-state index is -3.88. The minimum Gasteiger partial charge on any atom is -0.497 e. The van der Waals surface area contributed by atoms with Gasteiger partial charge in [0.25, 0.3) is 15.9 Å². The number of nitrogens with zero attached hydrogens (tertiary/aromatic N) is 2. The van der Waals surface area contributed by atoms with E-state index in [0.717, 1.165) is 0 Å². The summed E-state index contributed by atoms with van der Waals surface area (Å²) in [6.45, 7) is 5.12. The maximum atomic E-state index is 12.6. The molecule has 1 aromatic heterocycles. The average Bonchev–Trinajstić information content (AvgIpc) is 2.73. The second-order valence-electron chi connectivity index (χ2n) is 7.03. The maximum absolute atomic E-state index is 12.6. The number of anilines is 2. The molecular weight excluding hydrogens is 432 g/mol. The first-order valence-corrected chi connectivity index (χ1v) is 11.2. The van der Waals surface area contributed by atoms with Crippen LogP contribution in [0.5, 0.6) is 11.5 Å². The summed E-state index contributed by atoms with van der Waals surface area (Å²) in [5.74, 6) is 0.730. The van der Waals surface area contributed by atoms with Crippen molar-refractivity contribution in [3.63, 3.8) is 0 Å². The van der Waals surface area contributed by atoms with Crippen molar-refractivity contribution in [1.82, 2.24) is 9.97 Å². The Hall–Kier alpha value is -3.66. The summed E-state index contributed by atoms with van der Waals surface area (Å²) < 4.78 is 38.4. The summed E-state index contributed by atoms with van der Waals surface area (Å²) in [6, 6.07) is 14.4. The number of hydrogen-bond acceptors (Lipinski definition) is 7. The molecule has 0 radical (unpaired) electrons. The molecule has 2 N–H and O–H groups in total. The first-order valence-electron chi connectivity index (χ1n) is 9.73. The molecule has 3 rings (SSSR count). The van der Waals surface area contributed by atoms with E-state index < -0.39 is 16.1 Å². The number of sulfonamides is 1. The smallest absolute Gasteiger partial charge is 0.265 e. The SMILES string of the molecule is COc1cccc(O[C@@H](C)C(=O)Nc2ccc(S(=O)(=O)Nc3nc(C)cc(C)n3)cc2)c1. The van der Waals surface area contributed by atoms with E-state index in [2.05, 4.69) is 20.0 Å². The molecule has 9 nitrogen and oxygen atoms in total. The van der Waals surface area contributed by atoms with E-state index in [1.54, 1.807) is 58.2 Å². The number of methoxy groups -OCH3 is 1. The topological polar surface area (TPSA) is 120 Å². The number of carbonyl (C=O) groups is 1. The van der Waals surface area contributed by atoms with Crippen LogP contribution in [0.2, 0.25) is 0 Å². The van der Waals surface area contributed by atoms with Gasteiger partial charge in [-0.2, -0.15) is 0 Å². The molecule has 0 aliphatic heterocycles. The largest absolute Gasteiger partial charge is 0.497 e. The van der Waals surface area contributed by atoms with Crippen molar-refractivity contribution in [3.05, 3.63) is 66.0 Å². The predicted octanol–water partition coefficient (Wildman–Crippen LogP) is 3.31. The molecule has 1 heterocycles. The molecule has 3 aromatic rings. The molecule has 0 aliphatic rings. The van der Waals surface area contributed by atoms with Crippen LogP contribution in [0.4, 0.5) is 11.6 Å². The van der Waals surface area contributed by atoms with Gasteiger partial charge >= 0.3 is 0 Å². The standard InChI is InChI=1S/C22H24N4O5S/c1-14-12-15(2)24-22(23-14)26-32(28,29)20-10-8-17(9-11-20)25-21(27)16(3)31-19-7-5-6-18(13-19)30-4/h5-13,16H,1-4H3,(H,25,27)(H,23,24,26)/t16-/m0/s1. The van der Waals surface area contributed by atoms with E-state index in [-0.39, 0.29) is 16.8 Å². The number of hydrogen-bond donors (Lipinski definition) is 2. The van der Waals surface area contributed by atoms with E-state index in [9.17, 15) is 13.2 Å². The van der Waals surface area contributed by atoms with Crippen molar-refractivity contribution in [2.45, 2.75) is 31.8 Å². The first kappa shape index (κ1) is 23.0. The molecule has 0 fully saturated rings. The summed E-state index contributed by atoms with van der Waals surface area (Å²) in [4.78, 5) is 20.6. The Kier molecular flexibility index (Phi) is 6.94. The molecule has 0 spiro atoms. The normalized spacial score (nSPS) is 12.0. The third-order valence-electron chi connectivity index (χ3n) is 4.36. The third-order valence-corrected chi connectivity index (χ3v) is 5.71. The zero-order valence-corrected chi connectivity index (χ0v) is 18.9. The lowest BCUT2D eigenvalue weighted by atomic mass is 10.3. The summed E-state index contributed by atoms with van der Waals surface area (Å²) in [7, 11) is -2.33. The van der Waals surface area contributed by atoms with Gasteiger partial charge in [-0.05, 0) is 63.2 Å². The van der Waals surface area contributed by atoms with E-state index in [0.29, 0.717) is 28.6 Å². The monoisotopic (exact) mass is 456 g/mol. The Morgan fingerprint density at radius 3 is 2.22 bits per heavy atom. The van der Waals surface area contributed by atoms with Crippen LogP contribution in [0.3, 0.4) is 0 Å². The van der Waals surface area contributed by atoms with Crippen LogP contribution in [0.1, 0.15) is 18.3 Å². The van der Waals surface area contributed by atoms with E-state index >= 15 is 0 Å². The van der Waals surface area contributed by atoms with Crippen LogP contribution < -0.4 is 19.5 Å². The lowest BCUT2D eigenvalue weighted by Crippen LogP contribution is -2.30. The van der Waals surface area contributed by atoms with Crippen molar-refractivity contribution >= 4 is 27.6 Å². The summed E-state index contributed by atoms with van der Waals surface area (Å²) in [5, 5.41) is 2.70. The molecule has 2 aromatic carbocycles. The van der Waals surface area contributed by atoms with Gasteiger partial charge in [0.15, 0.2) is 6.10 Å². The van der Waals surface area contributed by atoms with Crippen molar-refractivity contribution < 1.29 is 22.7 Å². The Morgan fingerprint density at radius 1 is 0.969 bits per heavy atom. The molecule has 0 aliphatic carbocycles. The number of rotatable bonds is 8. The molecule has 0 bridgehead atoms. The molecule has 1 amide bonds. The van der Waals surface area contributed by atoms with Gasteiger partial charge in [0, 0.05) is 23.1 Å². The highest BCUT2D eigenvalue weighted by Crippen LogP contribution is 2.21. The van der Waals surface area contributed by atoms with Crippen molar-refractivity contribution in [2.24, 2.45) is 0 Å². The van der Waals surface area contributed by atoms with Gasteiger partial charge in [0.05, 0.1) is 12.0 Å². The van der Waals surface area contributed by atoms with Gasteiger partial charge in [-0.3, -0.25) is 4.79 Å². The van der Waals surface area contributed by atoms with Gasteiger partial charge < -0.3 is 14.8 Å². The Bertz CT molecular complexity index is 1190. The Balaban J connectivity index is 1.64. The maximum Gasteiger partial charge on any atom is 0.265 e. The Morgan fingerprint density at radius 2 is 1.59 bits per heavy atom. The van der Waals surface area contributed by atoms with E-state index in [4.69, 9.17) is 9.47 Å². The number of carbonyl (C=O) groups excluding carboxylic acids is 1. The van der Waals surface area contributed by atoms with Gasteiger partial charge in [-0.25, -0.2) is 23.1 Å². The molecule has 32 heavy (non-hydrogen) atoms. The molecule has 0 unspecified atom stereocenters. The van der Waals surface area contributed by atoms with Crippen molar-refractivity contribution in [3.8, 4) is 11.5 Å². The number of benzene rings is 2. The molecule has 0 saturated heterocycles. The van der Waals surface area contributed by atoms with Crippen LogP contribution in [0.15, 0.2) is 59.5 Å². The number of aromatic nitrogens is 2.